The maximum absolute atomic E-state index is 6.29. The van der Waals surface area contributed by atoms with Gasteiger partial charge in [-0.25, -0.2) is 0 Å². The Hall–Kier alpha value is -1.22. The minimum atomic E-state index is -1.91. The van der Waals surface area contributed by atoms with Crippen molar-refractivity contribution >= 4 is 36.4 Å². The molecule has 2 rings (SSSR count). The first kappa shape index (κ1) is 19.1. The number of rotatable bonds is 6. The largest absolute Gasteiger partial charge is 0.457 e. The summed E-state index contributed by atoms with van der Waals surface area (Å²) in [5, 5.41) is 9.13. The summed E-state index contributed by atoms with van der Waals surface area (Å²) in [4.78, 5) is 4.35. The van der Waals surface area contributed by atoms with Crippen molar-refractivity contribution in [2.24, 2.45) is 0 Å². The number of nitrogens with two attached hydrogens (primary N) is 1. The molecule has 0 saturated carbocycles. The Morgan fingerprint density at radius 3 is 2.50 bits per heavy atom. The van der Waals surface area contributed by atoms with E-state index in [0.29, 0.717) is 22.0 Å². The standard InChI is InChI=1S/C15H23ClN4O2SSi/c1-15(2,3)24(4,5)21-9-12(11-7-6-10(16)8-18-11)22-14-20-19-13(17)23-14/h6-8,12H,9H2,1-5H3,(H2,17,19)/t12-/m0/s1. The van der Waals surface area contributed by atoms with E-state index in [4.69, 9.17) is 26.5 Å². The number of anilines is 1. The predicted octanol–water partition coefficient (Wildman–Crippen LogP) is 4.31. The highest BCUT2D eigenvalue weighted by molar-refractivity contribution is 7.16. The highest BCUT2D eigenvalue weighted by Gasteiger charge is 2.38. The Bertz CT molecular complexity index is 673. The molecule has 2 heterocycles. The first-order valence-electron chi connectivity index (χ1n) is 7.59. The number of hydrogen-bond donors (Lipinski definition) is 1. The molecule has 0 radical (unpaired) electrons. The van der Waals surface area contributed by atoms with E-state index in [1.807, 2.05) is 6.07 Å². The van der Waals surface area contributed by atoms with Gasteiger partial charge in [-0.2, -0.15) is 0 Å². The summed E-state index contributed by atoms with van der Waals surface area (Å²) in [5.74, 6) is 0. The molecule has 1 atom stereocenters. The van der Waals surface area contributed by atoms with E-state index in [0.717, 1.165) is 5.69 Å². The highest BCUT2D eigenvalue weighted by Crippen LogP contribution is 2.37. The van der Waals surface area contributed by atoms with E-state index in [9.17, 15) is 0 Å². The number of aromatic nitrogens is 3. The summed E-state index contributed by atoms with van der Waals surface area (Å²) in [6, 6.07) is 3.60. The lowest BCUT2D eigenvalue weighted by molar-refractivity contribution is 0.116. The molecule has 2 aromatic rings. The Kier molecular flexibility index (Phi) is 5.85. The molecular formula is C15H23ClN4O2SSi. The molecule has 0 spiro atoms. The molecule has 24 heavy (non-hydrogen) atoms. The fourth-order valence-corrected chi connectivity index (χ4v) is 3.27. The van der Waals surface area contributed by atoms with Crippen LogP contribution >= 0.6 is 22.9 Å². The van der Waals surface area contributed by atoms with Gasteiger partial charge in [0.2, 0.25) is 5.13 Å². The Balaban J connectivity index is 2.18. The van der Waals surface area contributed by atoms with Crippen molar-refractivity contribution in [1.29, 1.82) is 0 Å². The normalized spacial score (nSPS) is 13.8. The number of pyridine rings is 1. The minimum absolute atomic E-state index is 0.109. The third-order valence-electron chi connectivity index (χ3n) is 4.15. The van der Waals surface area contributed by atoms with Gasteiger partial charge in [-0.15, -0.1) is 5.10 Å². The van der Waals surface area contributed by atoms with Gasteiger partial charge in [0, 0.05) is 6.20 Å². The van der Waals surface area contributed by atoms with Crippen LogP contribution in [0.5, 0.6) is 5.19 Å². The molecular weight excluding hydrogens is 364 g/mol. The second-order valence-electron chi connectivity index (χ2n) is 6.99. The van der Waals surface area contributed by atoms with Crippen LogP contribution < -0.4 is 10.5 Å². The Morgan fingerprint density at radius 2 is 2.00 bits per heavy atom. The van der Waals surface area contributed by atoms with Crippen molar-refractivity contribution in [2.75, 3.05) is 12.3 Å². The van der Waals surface area contributed by atoms with Crippen LogP contribution in [0, 0.1) is 0 Å². The van der Waals surface area contributed by atoms with E-state index in [1.54, 1.807) is 12.3 Å². The monoisotopic (exact) mass is 386 g/mol. The summed E-state index contributed by atoms with van der Waals surface area (Å²) in [6.45, 7) is 11.4. The van der Waals surface area contributed by atoms with Gasteiger partial charge < -0.3 is 14.9 Å². The molecule has 0 amide bonds. The molecule has 0 aliphatic carbocycles. The third kappa shape index (κ3) is 4.89. The number of nitrogens with zero attached hydrogens (tertiary/aromatic N) is 3. The van der Waals surface area contributed by atoms with E-state index >= 15 is 0 Å². The van der Waals surface area contributed by atoms with Gasteiger partial charge in [0.05, 0.1) is 17.3 Å². The number of nitrogen functional groups attached to an aromatic ring is 1. The Labute approximate surface area is 152 Å². The maximum Gasteiger partial charge on any atom is 0.296 e. The first-order chi connectivity index (χ1) is 11.1. The smallest absolute Gasteiger partial charge is 0.296 e. The summed E-state index contributed by atoms with van der Waals surface area (Å²) in [5.41, 5.74) is 6.35. The first-order valence-corrected chi connectivity index (χ1v) is 11.7. The molecule has 2 aromatic heterocycles. The van der Waals surface area contributed by atoms with Gasteiger partial charge in [-0.1, -0.05) is 37.5 Å². The molecule has 132 valence electrons. The van der Waals surface area contributed by atoms with Crippen molar-refractivity contribution in [2.45, 2.75) is 45.0 Å². The molecule has 0 unspecified atom stereocenters. The number of ether oxygens (including phenoxy) is 1. The molecule has 6 nitrogen and oxygen atoms in total. The zero-order valence-corrected chi connectivity index (χ0v) is 17.1. The summed E-state index contributed by atoms with van der Waals surface area (Å²) in [7, 11) is -1.91. The summed E-state index contributed by atoms with van der Waals surface area (Å²) in [6.07, 6.45) is 1.19. The molecule has 0 aliphatic heterocycles. The topological polar surface area (TPSA) is 83.2 Å². The maximum atomic E-state index is 6.29. The van der Waals surface area contributed by atoms with Gasteiger partial charge in [-0.3, -0.25) is 4.98 Å². The van der Waals surface area contributed by atoms with Crippen LogP contribution in [0.15, 0.2) is 18.3 Å². The van der Waals surface area contributed by atoms with E-state index < -0.39 is 14.4 Å². The third-order valence-corrected chi connectivity index (χ3v) is 9.51. The van der Waals surface area contributed by atoms with Crippen LogP contribution in [0.1, 0.15) is 32.6 Å². The lowest BCUT2D eigenvalue weighted by Gasteiger charge is -2.37. The van der Waals surface area contributed by atoms with E-state index in [1.165, 1.54) is 11.3 Å². The quantitative estimate of drug-likeness (QED) is 0.744. The number of halogens is 1. The predicted molar refractivity (Wildman–Crippen MR) is 100 cm³/mol. The fourth-order valence-electron chi connectivity index (χ4n) is 1.65. The van der Waals surface area contributed by atoms with Crippen molar-refractivity contribution in [3.63, 3.8) is 0 Å². The second-order valence-corrected chi connectivity index (χ2v) is 13.2. The van der Waals surface area contributed by atoms with Gasteiger partial charge in [-0.05, 0) is 41.6 Å². The zero-order chi connectivity index (χ0) is 18.0. The fraction of sp³-hybridized carbons (Fsp3) is 0.533. The van der Waals surface area contributed by atoms with Crippen LogP contribution in [0.4, 0.5) is 5.13 Å². The molecule has 0 fully saturated rings. The van der Waals surface area contributed by atoms with Crippen molar-refractivity contribution < 1.29 is 9.16 Å². The van der Waals surface area contributed by atoms with Crippen LogP contribution in [0.3, 0.4) is 0 Å². The number of hydrogen-bond acceptors (Lipinski definition) is 7. The van der Waals surface area contributed by atoms with Gasteiger partial charge >= 0.3 is 0 Å². The van der Waals surface area contributed by atoms with Crippen molar-refractivity contribution in [1.82, 2.24) is 15.2 Å². The molecule has 0 aromatic carbocycles. The van der Waals surface area contributed by atoms with E-state index in [-0.39, 0.29) is 5.04 Å². The SMILES string of the molecule is CC(C)(C)[Si](C)(C)OC[C@H](Oc1nnc(N)s1)c1ccc(Cl)cn1. The molecule has 0 bridgehead atoms. The summed E-state index contributed by atoms with van der Waals surface area (Å²) < 4.78 is 12.2. The highest BCUT2D eigenvalue weighted by atomic mass is 35.5. The van der Waals surface area contributed by atoms with Crippen LogP contribution in [-0.4, -0.2) is 30.1 Å². The van der Waals surface area contributed by atoms with Gasteiger partial charge in [0.15, 0.2) is 14.4 Å². The van der Waals surface area contributed by atoms with Crippen LogP contribution in [-0.2, 0) is 4.43 Å². The van der Waals surface area contributed by atoms with Gasteiger partial charge in [0.25, 0.3) is 5.19 Å². The van der Waals surface area contributed by atoms with Crippen molar-refractivity contribution in [3.8, 4) is 5.19 Å². The van der Waals surface area contributed by atoms with Crippen LogP contribution in [0.25, 0.3) is 0 Å². The average Bonchev–Trinajstić information content (AvgIpc) is 2.88. The van der Waals surface area contributed by atoms with Gasteiger partial charge in [0.1, 0.15) is 0 Å². The summed E-state index contributed by atoms with van der Waals surface area (Å²) >= 11 is 7.11. The lowest BCUT2D eigenvalue weighted by atomic mass is 10.2. The Morgan fingerprint density at radius 1 is 1.29 bits per heavy atom. The van der Waals surface area contributed by atoms with Crippen LogP contribution in [0.2, 0.25) is 23.2 Å². The van der Waals surface area contributed by atoms with E-state index in [2.05, 4.69) is 49.0 Å². The average molecular weight is 387 g/mol. The molecule has 0 saturated heterocycles. The lowest BCUT2D eigenvalue weighted by Crippen LogP contribution is -2.42. The molecule has 0 aliphatic rings. The molecule has 9 heteroatoms. The van der Waals surface area contributed by atoms with Crippen molar-refractivity contribution in [3.05, 3.63) is 29.0 Å². The second kappa shape index (κ2) is 7.34. The minimum Gasteiger partial charge on any atom is -0.457 e. The zero-order valence-electron chi connectivity index (χ0n) is 14.5. The molecule has 2 N–H and O–H groups in total.